The molecule has 1 fully saturated rings. The molecule has 0 aromatic rings. The highest BCUT2D eigenvalue weighted by Crippen LogP contribution is 2.15. The Morgan fingerprint density at radius 1 is 1.82 bits per heavy atom. The molecule has 0 aliphatic carbocycles. The summed E-state index contributed by atoms with van der Waals surface area (Å²) in [7, 11) is 1.68. The van der Waals surface area contributed by atoms with Gasteiger partial charge in [-0.3, -0.25) is 4.79 Å². The van der Waals surface area contributed by atoms with Gasteiger partial charge in [-0.2, -0.15) is 0 Å². The van der Waals surface area contributed by atoms with E-state index in [0.29, 0.717) is 5.92 Å². The number of ether oxygens (including phenoxy) is 1. The fraction of sp³-hybridized carbons (Fsp3) is 0.625. The number of carbonyl (C=O) groups excluding carboxylic acids is 1. The molecule has 62 valence electrons. The largest absolute Gasteiger partial charge is 0.384 e. The molecular weight excluding hydrogens is 142 g/mol. The first-order valence-corrected chi connectivity index (χ1v) is 3.68. The van der Waals surface area contributed by atoms with Gasteiger partial charge in [0.1, 0.15) is 0 Å². The zero-order chi connectivity index (χ0) is 8.27. The van der Waals surface area contributed by atoms with Gasteiger partial charge in [-0.25, -0.2) is 0 Å². The van der Waals surface area contributed by atoms with Crippen LogP contribution in [-0.4, -0.2) is 37.6 Å². The molecule has 1 rings (SSSR count). The van der Waals surface area contributed by atoms with Gasteiger partial charge in [0, 0.05) is 26.1 Å². The smallest absolute Gasteiger partial charge is 0.245 e. The molecule has 0 radical (unpaired) electrons. The van der Waals surface area contributed by atoms with Crippen LogP contribution in [0.25, 0.3) is 0 Å². The Morgan fingerprint density at radius 2 is 2.45 bits per heavy atom. The third kappa shape index (κ3) is 1.80. The SMILES string of the molecule is C=CC(=O)N1CC(COC)C1. The zero-order valence-electron chi connectivity index (χ0n) is 6.75. The predicted octanol–water partition coefficient (Wildman–Crippen LogP) is 0.277. The van der Waals surface area contributed by atoms with Gasteiger partial charge in [0.15, 0.2) is 0 Å². The van der Waals surface area contributed by atoms with Crippen LogP contribution in [0.4, 0.5) is 0 Å². The van der Waals surface area contributed by atoms with Crippen LogP contribution >= 0.6 is 0 Å². The van der Waals surface area contributed by atoms with Gasteiger partial charge in [-0.05, 0) is 6.08 Å². The lowest BCUT2D eigenvalue weighted by Gasteiger charge is -2.38. The third-order valence-corrected chi connectivity index (χ3v) is 1.85. The molecule has 0 N–H and O–H groups in total. The van der Waals surface area contributed by atoms with Crippen LogP contribution in [0.2, 0.25) is 0 Å². The number of likely N-dealkylation sites (tertiary alicyclic amines) is 1. The molecule has 0 aromatic heterocycles. The Bertz CT molecular complexity index is 161. The van der Waals surface area contributed by atoms with Gasteiger partial charge in [0.2, 0.25) is 5.91 Å². The molecule has 0 spiro atoms. The van der Waals surface area contributed by atoms with Crippen molar-refractivity contribution in [1.29, 1.82) is 0 Å². The first kappa shape index (κ1) is 8.27. The van der Waals surface area contributed by atoms with Crippen LogP contribution in [-0.2, 0) is 9.53 Å². The molecule has 0 unspecified atom stereocenters. The number of hydrogen-bond donors (Lipinski definition) is 0. The summed E-state index contributed by atoms with van der Waals surface area (Å²) in [4.78, 5) is 12.7. The Kier molecular flexibility index (Phi) is 2.65. The fourth-order valence-electron chi connectivity index (χ4n) is 1.22. The second-order valence-electron chi connectivity index (χ2n) is 2.77. The van der Waals surface area contributed by atoms with E-state index in [9.17, 15) is 4.79 Å². The number of carbonyl (C=O) groups is 1. The van der Waals surface area contributed by atoms with Crippen molar-refractivity contribution in [3.05, 3.63) is 12.7 Å². The van der Waals surface area contributed by atoms with Crippen LogP contribution in [0.1, 0.15) is 0 Å². The summed E-state index contributed by atoms with van der Waals surface area (Å²) < 4.78 is 4.94. The van der Waals surface area contributed by atoms with E-state index in [1.54, 1.807) is 12.0 Å². The molecule has 1 amide bonds. The molecule has 0 aromatic carbocycles. The Morgan fingerprint density at radius 3 is 2.91 bits per heavy atom. The minimum atomic E-state index is 0.0253. The average Bonchev–Trinajstić information content (AvgIpc) is 1.94. The van der Waals surface area contributed by atoms with Gasteiger partial charge in [-0.1, -0.05) is 6.58 Å². The van der Waals surface area contributed by atoms with Crippen molar-refractivity contribution in [2.75, 3.05) is 26.8 Å². The van der Waals surface area contributed by atoms with E-state index in [1.807, 2.05) is 0 Å². The summed E-state index contributed by atoms with van der Waals surface area (Å²) >= 11 is 0. The highest BCUT2D eigenvalue weighted by molar-refractivity contribution is 5.87. The van der Waals surface area contributed by atoms with E-state index in [1.165, 1.54) is 6.08 Å². The monoisotopic (exact) mass is 155 g/mol. The van der Waals surface area contributed by atoms with Gasteiger partial charge in [-0.15, -0.1) is 0 Å². The van der Waals surface area contributed by atoms with E-state index in [0.717, 1.165) is 19.7 Å². The van der Waals surface area contributed by atoms with Gasteiger partial charge in [0.05, 0.1) is 6.61 Å². The van der Waals surface area contributed by atoms with Crippen LogP contribution in [0.15, 0.2) is 12.7 Å². The molecule has 1 aliphatic heterocycles. The third-order valence-electron chi connectivity index (χ3n) is 1.85. The van der Waals surface area contributed by atoms with Gasteiger partial charge in [0.25, 0.3) is 0 Å². The minimum absolute atomic E-state index is 0.0253. The summed E-state index contributed by atoms with van der Waals surface area (Å²) in [6, 6.07) is 0. The van der Waals surface area contributed by atoms with Gasteiger partial charge >= 0.3 is 0 Å². The topological polar surface area (TPSA) is 29.5 Å². The highest BCUT2D eigenvalue weighted by atomic mass is 16.5. The number of amides is 1. The lowest BCUT2D eigenvalue weighted by Crippen LogP contribution is -2.50. The highest BCUT2D eigenvalue weighted by Gasteiger charge is 2.28. The molecule has 0 bridgehead atoms. The number of nitrogens with zero attached hydrogens (tertiary/aromatic N) is 1. The van der Waals surface area contributed by atoms with Crippen LogP contribution in [0.3, 0.4) is 0 Å². The van der Waals surface area contributed by atoms with Crippen molar-refractivity contribution >= 4 is 5.91 Å². The Hall–Kier alpha value is -0.830. The molecule has 1 heterocycles. The molecule has 11 heavy (non-hydrogen) atoms. The molecule has 3 nitrogen and oxygen atoms in total. The van der Waals surface area contributed by atoms with Crippen LogP contribution < -0.4 is 0 Å². The number of methoxy groups -OCH3 is 1. The van der Waals surface area contributed by atoms with Crippen molar-refractivity contribution in [3.63, 3.8) is 0 Å². The quantitative estimate of drug-likeness (QED) is 0.548. The van der Waals surface area contributed by atoms with Crippen molar-refractivity contribution in [2.24, 2.45) is 5.92 Å². The summed E-state index contributed by atoms with van der Waals surface area (Å²) in [5.74, 6) is 0.557. The van der Waals surface area contributed by atoms with Crippen molar-refractivity contribution in [2.45, 2.75) is 0 Å². The average molecular weight is 155 g/mol. The lowest BCUT2D eigenvalue weighted by molar-refractivity contribution is -0.133. The summed E-state index contributed by atoms with van der Waals surface area (Å²) in [5.41, 5.74) is 0. The van der Waals surface area contributed by atoms with Gasteiger partial charge < -0.3 is 9.64 Å². The van der Waals surface area contributed by atoms with Crippen molar-refractivity contribution in [3.8, 4) is 0 Å². The zero-order valence-corrected chi connectivity index (χ0v) is 6.75. The van der Waals surface area contributed by atoms with E-state index in [2.05, 4.69) is 6.58 Å². The van der Waals surface area contributed by atoms with Crippen LogP contribution in [0.5, 0.6) is 0 Å². The van der Waals surface area contributed by atoms with Crippen LogP contribution in [0, 0.1) is 5.92 Å². The maximum atomic E-state index is 10.9. The first-order valence-electron chi connectivity index (χ1n) is 3.68. The lowest BCUT2D eigenvalue weighted by atomic mass is 10.0. The predicted molar refractivity (Wildman–Crippen MR) is 42.1 cm³/mol. The van der Waals surface area contributed by atoms with E-state index >= 15 is 0 Å². The first-order chi connectivity index (χ1) is 5.27. The second kappa shape index (κ2) is 3.53. The fourth-order valence-corrected chi connectivity index (χ4v) is 1.22. The molecule has 0 atom stereocenters. The molecular formula is C8H13NO2. The number of hydrogen-bond acceptors (Lipinski definition) is 2. The van der Waals surface area contributed by atoms with Crippen molar-refractivity contribution in [1.82, 2.24) is 4.90 Å². The van der Waals surface area contributed by atoms with Crippen molar-refractivity contribution < 1.29 is 9.53 Å². The maximum absolute atomic E-state index is 10.9. The van der Waals surface area contributed by atoms with E-state index < -0.39 is 0 Å². The van der Waals surface area contributed by atoms with E-state index in [4.69, 9.17) is 4.74 Å². The minimum Gasteiger partial charge on any atom is -0.384 e. The summed E-state index contributed by atoms with van der Waals surface area (Å²) in [5, 5.41) is 0. The maximum Gasteiger partial charge on any atom is 0.245 e. The second-order valence-corrected chi connectivity index (χ2v) is 2.77. The molecule has 3 heteroatoms. The molecule has 1 saturated heterocycles. The summed E-state index contributed by atoms with van der Waals surface area (Å²) in [6.45, 7) is 5.80. The van der Waals surface area contributed by atoms with E-state index in [-0.39, 0.29) is 5.91 Å². The number of rotatable bonds is 3. The molecule has 1 aliphatic rings. The Balaban J connectivity index is 2.18. The molecule has 0 saturated carbocycles. The Labute approximate surface area is 66.6 Å². The standard InChI is InChI=1S/C8H13NO2/c1-3-8(10)9-4-7(5-9)6-11-2/h3,7H,1,4-6H2,2H3. The summed E-state index contributed by atoms with van der Waals surface area (Å²) in [6.07, 6.45) is 1.35. The normalized spacial score (nSPS) is 17.7.